The van der Waals surface area contributed by atoms with E-state index in [1.807, 2.05) is 18.2 Å². The van der Waals surface area contributed by atoms with Gasteiger partial charge in [-0.05, 0) is 42.3 Å². The first-order valence-electron chi connectivity index (χ1n) is 9.20. The molecule has 0 bridgehead atoms. The first-order chi connectivity index (χ1) is 14.3. The molecule has 2 aromatic carbocycles. The van der Waals surface area contributed by atoms with Gasteiger partial charge in [0.05, 0.1) is 11.8 Å². The zero-order valence-corrected chi connectivity index (χ0v) is 17.2. The van der Waals surface area contributed by atoms with Crippen molar-refractivity contribution in [3.63, 3.8) is 0 Å². The van der Waals surface area contributed by atoms with Crippen LogP contribution in [0.4, 0.5) is 5.69 Å². The van der Waals surface area contributed by atoms with Crippen LogP contribution in [0.5, 0.6) is 11.5 Å². The third-order valence-electron chi connectivity index (χ3n) is 4.08. The third-order valence-corrected chi connectivity index (χ3v) is 4.68. The zero-order valence-electron chi connectivity index (χ0n) is 16.3. The maximum atomic E-state index is 12.1. The van der Waals surface area contributed by atoms with E-state index in [1.165, 1.54) is 24.3 Å². The molecular weight excluding hydrogens is 412 g/mol. The fraction of sp³-hybridized carbons (Fsp3) is 0.300. The molecule has 1 aliphatic rings. The van der Waals surface area contributed by atoms with E-state index in [2.05, 4.69) is 10.0 Å². The quantitative estimate of drug-likeness (QED) is 0.602. The van der Waals surface area contributed by atoms with Gasteiger partial charge in [-0.1, -0.05) is 12.1 Å². The van der Waals surface area contributed by atoms with Crippen LogP contribution in [0.15, 0.2) is 42.5 Å². The lowest BCUT2D eigenvalue weighted by Crippen LogP contribution is -2.30. The van der Waals surface area contributed by atoms with Gasteiger partial charge >= 0.3 is 5.97 Å². The number of carbonyl (C=O) groups is 2. The molecule has 0 atom stereocenters. The van der Waals surface area contributed by atoms with Crippen LogP contribution >= 0.6 is 0 Å². The van der Waals surface area contributed by atoms with Gasteiger partial charge in [0.1, 0.15) is 13.2 Å². The van der Waals surface area contributed by atoms with Crippen LogP contribution in [-0.2, 0) is 26.0 Å². The summed E-state index contributed by atoms with van der Waals surface area (Å²) >= 11 is 0. The summed E-state index contributed by atoms with van der Waals surface area (Å²) in [5.74, 6) is 0.226. The van der Waals surface area contributed by atoms with Crippen LogP contribution in [0.2, 0.25) is 0 Å². The summed E-state index contributed by atoms with van der Waals surface area (Å²) in [6, 6.07) is 11.4. The number of benzene rings is 2. The number of hydrogen-bond acceptors (Lipinski definition) is 7. The van der Waals surface area contributed by atoms with Crippen molar-refractivity contribution >= 4 is 27.6 Å². The molecule has 9 nitrogen and oxygen atoms in total. The van der Waals surface area contributed by atoms with Crippen LogP contribution in [0.1, 0.15) is 15.9 Å². The smallest absolute Gasteiger partial charge is 0.338 e. The average Bonchev–Trinajstić information content (AvgIpc) is 2.71. The molecule has 0 aromatic heterocycles. The summed E-state index contributed by atoms with van der Waals surface area (Å²) in [4.78, 5) is 24.0. The molecule has 1 heterocycles. The Morgan fingerprint density at radius 1 is 1.07 bits per heavy atom. The second-order valence-electron chi connectivity index (χ2n) is 6.61. The van der Waals surface area contributed by atoms with Gasteiger partial charge in [-0.15, -0.1) is 0 Å². The minimum absolute atomic E-state index is 0.132. The number of sulfonamides is 1. The Bertz CT molecular complexity index is 1040. The number of anilines is 1. The van der Waals surface area contributed by atoms with Crippen LogP contribution in [0.3, 0.4) is 0 Å². The van der Waals surface area contributed by atoms with Gasteiger partial charge in [0.25, 0.3) is 5.91 Å². The van der Waals surface area contributed by atoms with Gasteiger partial charge < -0.3 is 19.5 Å². The number of carbonyl (C=O) groups excluding carboxylic acids is 2. The Balaban J connectivity index is 1.43. The molecule has 160 valence electrons. The Morgan fingerprint density at radius 2 is 1.83 bits per heavy atom. The zero-order chi connectivity index (χ0) is 21.6. The van der Waals surface area contributed by atoms with E-state index in [0.29, 0.717) is 37.7 Å². The van der Waals surface area contributed by atoms with E-state index in [4.69, 9.17) is 14.2 Å². The van der Waals surface area contributed by atoms with Crippen molar-refractivity contribution < 1.29 is 32.2 Å². The lowest BCUT2D eigenvalue weighted by Gasteiger charge is -2.18. The molecule has 10 heteroatoms. The van der Waals surface area contributed by atoms with Gasteiger partial charge in [0, 0.05) is 12.2 Å². The monoisotopic (exact) mass is 434 g/mol. The number of esters is 1. The molecule has 0 saturated carbocycles. The summed E-state index contributed by atoms with van der Waals surface area (Å²) in [7, 11) is -3.46. The number of amides is 1. The number of hydrogen-bond donors (Lipinski definition) is 2. The maximum absolute atomic E-state index is 12.1. The summed E-state index contributed by atoms with van der Waals surface area (Å²) in [6.45, 7) is 0.957. The predicted molar refractivity (Wildman–Crippen MR) is 109 cm³/mol. The number of fused-ring (bicyclic) bond motifs is 1. The summed E-state index contributed by atoms with van der Waals surface area (Å²) in [5.41, 5.74) is 1.34. The molecule has 0 unspecified atom stereocenters. The topological polar surface area (TPSA) is 120 Å². The Hall–Kier alpha value is -3.27. The molecule has 1 aliphatic heterocycles. The van der Waals surface area contributed by atoms with E-state index >= 15 is 0 Å². The Morgan fingerprint density at radius 3 is 2.60 bits per heavy atom. The highest BCUT2D eigenvalue weighted by molar-refractivity contribution is 7.92. The van der Waals surface area contributed by atoms with Crippen molar-refractivity contribution in [3.8, 4) is 11.5 Å². The van der Waals surface area contributed by atoms with E-state index in [1.54, 1.807) is 0 Å². The largest absolute Gasteiger partial charge is 0.486 e. The lowest BCUT2D eigenvalue weighted by molar-refractivity contribution is -0.124. The van der Waals surface area contributed by atoms with Crippen molar-refractivity contribution in [3.05, 3.63) is 53.6 Å². The minimum Gasteiger partial charge on any atom is -0.486 e. The molecule has 30 heavy (non-hydrogen) atoms. The number of ether oxygens (including phenoxy) is 3. The first kappa shape index (κ1) is 21.4. The van der Waals surface area contributed by atoms with Crippen LogP contribution in [0, 0.1) is 0 Å². The van der Waals surface area contributed by atoms with Gasteiger partial charge in [-0.25, -0.2) is 13.2 Å². The Labute approximate surface area is 174 Å². The summed E-state index contributed by atoms with van der Waals surface area (Å²) in [5, 5.41) is 2.68. The van der Waals surface area contributed by atoms with Crippen LogP contribution < -0.4 is 19.5 Å². The molecule has 0 spiro atoms. The molecule has 0 saturated heterocycles. The van der Waals surface area contributed by atoms with E-state index < -0.39 is 28.5 Å². The standard InChI is InChI=1S/C20H22N2O7S/c1-30(25,26)22-16-4-2-3-15(12-16)20(24)29-13-19(23)21-8-7-14-5-6-17-18(11-14)28-10-9-27-17/h2-6,11-12,22H,7-10,13H2,1H3,(H,21,23). The lowest BCUT2D eigenvalue weighted by atomic mass is 10.1. The SMILES string of the molecule is CS(=O)(=O)Nc1cccc(C(=O)OCC(=O)NCCc2ccc3c(c2)OCCO3)c1. The van der Waals surface area contributed by atoms with Gasteiger partial charge in [-0.3, -0.25) is 9.52 Å². The highest BCUT2D eigenvalue weighted by atomic mass is 32.2. The number of nitrogens with one attached hydrogen (secondary N) is 2. The second kappa shape index (κ2) is 9.49. The summed E-state index contributed by atoms with van der Waals surface area (Å²) in [6.07, 6.45) is 1.59. The fourth-order valence-corrected chi connectivity index (χ4v) is 3.33. The van der Waals surface area contributed by atoms with Gasteiger partial charge in [0.2, 0.25) is 10.0 Å². The highest BCUT2D eigenvalue weighted by Gasteiger charge is 2.13. The minimum atomic E-state index is -3.46. The van der Waals surface area contributed by atoms with Crippen molar-refractivity contribution in [1.29, 1.82) is 0 Å². The van der Waals surface area contributed by atoms with Crippen LogP contribution in [-0.4, -0.2) is 52.9 Å². The van der Waals surface area contributed by atoms with Gasteiger partial charge in [0.15, 0.2) is 18.1 Å². The molecule has 0 fully saturated rings. The van der Waals surface area contributed by atoms with Crippen molar-refractivity contribution in [2.24, 2.45) is 0 Å². The normalized spacial score (nSPS) is 12.7. The van der Waals surface area contributed by atoms with E-state index in [0.717, 1.165) is 11.8 Å². The molecule has 3 rings (SSSR count). The van der Waals surface area contributed by atoms with Crippen LogP contribution in [0.25, 0.3) is 0 Å². The van der Waals surface area contributed by atoms with Crippen molar-refractivity contribution in [2.75, 3.05) is 37.3 Å². The molecule has 0 aliphatic carbocycles. The molecule has 2 N–H and O–H groups in total. The fourth-order valence-electron chi connectivity index (χ4n) is 2.78. The molecular formula is C20H22N2O7S. The Kier molecular flexibility index (Phi) is 6.78. The maximum Gasteiger partial charge on any atom is 0.338 e. The molecule has 1 amide bonds. The molecule has 2 aromatic rings. The second-order valence-corrected chi connectivity index (χ2v) is 8.36. The first-order valence-corrected chi connectivity index (χ1v) is 11.1. The highest BCUT2D eigenvalue weighted by Crippen LogP contribution is 2.30. The third kappa shape index (κ3) is 6.38. The van der Waals surface area contributed by atoms with E-state index in [9.17, 15) is 18.0 Å². The van der Waals surface area contributed by atoms with Gasteiger partial charge in [-0.2, -0.15) is 0 Å². The van der Waals surface area contributed by atoms with Crippen molar-refractivity contribution in [1.82, 2.24) is 5.32 Å². The average molecular weight is 434 g/mol. The molecule has 0 radical (unpaired) electrons. The number of rotatable bonds is 8. The van der Waals surface area contributed by atoms with Crippen molar-refractivity contribution in [2.45, 2.75) is 6.42 Å². The summed E-state index contributed by atoms with van der Waals surface area (Å²) < 4.78 is 40.8. The van der Waals surface area contributed by atoms with E-state index in [-0.39, 0.29) is 11.3 Å². The predicted octanol–water partition coefficient (Wildman–Crippen LogP) is 1.34.